The molecule has 1 aromatic rings. The number of hydrogen-bond donors (Lipinski definition) is 1. The van der Waals surface area contributed by atoms with Gasteiger partial charge in [0.05, 0.1) is 12.9 Å². The van der Waals surface area contributed by atoms with Gasteiger partial charge in [0.2, 0.25) is 0 Å². The van der Waals surface area contributed by atoms with Crippen LogP contribution in [0, 0.1) is 0 Å². The van der Waals surface area contributed by atoms with Gasteiger partial charge in [-0.05, 0) is 59.5 Å². The molecule has 1 aliphatic heterocycles. The molecular formula is C19H28F2N4O2S. The third kappa shape index (κ3) is 5.14. The van der Waals surface area contributed by atoms with Crippen molar-refractivity contribution < 1.29 is 18.3 Å². The van der Waals surface area contributed by atoms with E-state index < -0.39 is 10.9 Å². The van der Waals surface area contributed by atoms with Crippen LogP contribution in [0.1, 0.15) is 42.0 Å². The Morgan fingerprint density at radius 3 is 2.61 bits per heavy atom. The van der Waals surface area contributed by atoms with Crippen molar-refractivity contribution in [1.82, 2.24) is 19.6 Å². The fourth-order valence-electron chi connectivity index (χ4n) is 3.07. The highest BCUT2D eigenvalue weighted by Gasteiger charge is 2.40. The molecule has 0 N–H and O–H groups in total. The Balaban J connectivity index is 2.43. The molecule has 156 valence electrons. The number of carbonyl (C=O) groups is 1. The van der Waals surface area contributed by atoms with E-state index in [1.165, 1.54) is 4.68 Å². The molecule has 1 aromatic heterocycles. The van der Waals surface area contributed by atoms with Crippen LogP contribution in [0.25, 0.3) is 5.70 Å². The van der Waals surface area contributed by atoms with Crippen LogP contribution in [0.5, 0.6) is 0 Å². The molecule has 0 aromatic carbocycles. The van der Waals surface area contributed by atoms with Crippen LogP contribution in [0.3, 0.4) is 0 Å². The quantitative estimate of drug-likeness (QED) is 0.403. The number of carbonyl (C=O) groups excluding carboxylic acids is 1. The number of thiol groups is 1. The van der Waals surface area contributed by atoms with Gasteiger partial charge in [-0.1, -0.05) is 12.6 Å². The SMILES string of the molecule is CO/C(C)=C/C=C(\C)n1nc(C(F)(F)S)c2c1C(=O)N(CCCN(C)C)CC2. The van der Waals surface area contributed by atoms with Crippen LogP contribution >= 0.6 is 12.6 Å². The Hall–Kier alpha value is -1.87. The summed E-state index contributed by atoms with van der Waals surface area (Å²) in [6.07, 6.45) is 4.52. The number of allylic oxidation sites excluding steroid dienone is 4. The average molecular weight is 415 g/mol. The van der Waals surface area contributed by atoms with E-state index in [0.717, 1.165) is 13.0 Å². The molecule has 0 bridgehead atoms. The topological polar surface area (TPSA) is 50.6 Å². The zero-order valence-electron chi connectivity index (χ0n) is 17.0. The number of fused-ring (bicyclic) bond motifs is 1. The highest BCUT2D eigenvalue weighted by molar-refractivity contribution is 7.80. The van der Waals surface area contributed by atoms with Gasteiger partial charge >= 0.3 is 5.25 Å². The number of halogens is 2. The number of amides is 1. The number of nitrogens with zero attached hydrogens (tertiary/aromatic N) is 4. The lowest BCUT2D eigenvalue weighted by Crippen LogP contribution is -2.40. The first kappa shape index (κ1) is 22.4. The molecular weight excluding hydrogens is 386 g/mol. The predicted molar refractivity (Wildman–Crippen MR) is 109 cm³/mol. The second-order valence-corrected chi connectivity index (χ2v) is 7.68. The molecule has 0 saturated carbocycles. The molecule has 0 aliphatic carbocycles. The van der Waals surface area contributed by atoms with Gasteiger partial charge < -0.3 is 14.5 Å². The first-order valence-corrected chi connectivity index (χ1v) is 9.57. The highest BCUT2D eigenvalue weighted by Crippen LogP contribution is 2.37. The van der Waals surface area contributed by atoms with E-state index in [1.54, 1.807) is 38.0 Å². The molecule has 1 aliphatic rings. The summed E-state index contributed by atoms with van der Waals surface area (Å²) < 4.78 is 34.4. The van der Waals surface area contributed by atoms with Crippen molar-refractivity contribution in [1.29, 1.82) is 0 Å². The van der Waals surface area contributed by atoms with E-state index >= 15 is 0 Å². The lowest BCUT2D eigenvalue weighted by Gasteiger charge is -2.28. The largest absolute Gasteiger partial charge is 0.501 e. The van der Waals surface area contributed by atoms with Gasteiger partial charge in [0.25, 0.3) is 5.91 Å². The summed E-state index contributed by atoms with van der Waals surface area (Å²) in [4.78, 5) is 16.8. The first-order valence-electron chi connectivity index (χ1n) is 9.12. The van der Waals surface area contributed by atoms with Crippen LogP contribution in [0.2, 0.25) is 0 Å². The van der Waals surface area contributed by atoms with E-state index in [1.807, 2.05) is 19.0 Å². The maximum absolute atomic E-state index is 14.0. The zero-order valence-corrected chi connectivity index (χ0v) is 17.9. The summed E-state index contributed by atoms with van der Waals surface area (Å²) in [5.74, 6) is 0.369. The minimum Gasteiger partial charge on any atom is -0.501 e. The first-order chi connectivity index (χ1) is 13.1. The van der Waals surface area contributed by atoms with Crippen LogP contribution in [-0.4, -0.2) is 66.3 Å². The number of aromatic nitrogens is 2. The van der Waals surface area contributed by atoms with Crippen molar-refractivity contribution in [3.8, 4) is 0 Å². The predicted octanol–water partition coefficient (Wildman–Crippen LogP) is 3.22. The van der Waals surface area contributed by atoms with Gasteiger partial charge in [-0.3, -0.25) is 4.79 Å². The monoisotopic (exact) mass is 414 g/mol. The van der Waals surface area contributed by atoms with Gasteiger partial charge in [-0.25, -0.2) is 4.68 Å². The van der Waals surface area contributed by atoms with E-state index in [0.29, 0.717) is 31.0 Å². The fourth-order valence-corrected chi connectivity index (χ4v) is 3.25. The molecule has 0 fully saturated rings. The Morgan fingerprint density at radius 1 is 1.36 bits per heavy atom. The summed E-state index contributed by atoms with van der Waals surface area (Å²) >= 11 is 3.40. The smallest absolute Gasteiger partial charge is 0.335 e. The van der Waals surface area contributed by atoms with E-state index in [-0.39, 0.29) is 17.2 Å². The van der Waals surface area contributed by atoms with Crippen molar-refractivity contribution in [3.63, 3.8) is 0 Å². The Labute approximate surface area is 170 Å². The normalized spacial score (nSPS) is 16.0. The molecule has 28 heavy (non-hydrogen) atoms. The van der Waals surface area contributed by atoms with Gasteiger partial charge in [0, 0.05) is 24.4 Å². The maximum Gasteiger partial charge on any atom is 0.335 e. The molecule has 6 nitrogen and oxygen atoms in total. The van der Waals surface area contributed by atoms with Crippen molar-refractivity contribution in [2.75, 3.05) is 40.8 Å². The number of methoxy groups -OCH3 is 1. The van der Waals surface area contributed by atoms with Gasteiger partial charge in [0.15, 0.2) is 0 Å². The van der Waals surface area contributed by atoms with Crippen molar-refractivity contribution >= 4 is 24.2 Å². The summed E-state index contributed by atoms with van der Waals surface area (Å²) in [5.41, 5.74) is 0.554. The summed E-state index contributed by atoms with van der Waals surface area (Å²) in [7, 11) is 5.48. The molecule has 0 spiro atoms. The zero-order chi connectivity index (χ0) is 21.1. The molecule has 2 rings (SSSR count). The minimum absolute atomic E-state index is 0.192. The third-order valence-corrected chi connectivity index (χ3v) is 4.85. The van der Waals surface area contributed by atoms with E-state index in [9.17, 15) is 13.6 Å². The number of rotatable bonds is 8. The van der Waals surface area contributed by atoms with Crippen LogP contribution < -0.4 is 0 Å². The van der Waals surface area contributed by atoms with Crippen molar-refractivity contribution in [2.45, 2.75) is 31.9 Å². The molecule has 2 heterocycles. The summed E-state index contributed by atoms with van der Waals surface area (Å²) in [5, 5.41) is 0.641. The van der Waals surface area contributed by atoms with E-state index in [2.05, 4.69) is 17.7 Å². The number of ether oxygens (including phenoxy) is 1. The maximum atomic E-state index is 14.0. The van der Waals surface area contributed by atoms with Crippen molar-refractivity contribution in [2.24, 2.45) is 0 Å². The molecule has 1 amide bonds. The van der Waals surface area contributed by atoms with Gasteiger partial charge in [-0.2, -0.15) is 13.9 Å². The minimum atomic E-state index is -3.42. The van der Waals surface area contributed by atoms with Crippen LogP contribution in [0.15, 0.2) is 17.9 Å². The molecule has 0 atom stereocenters. The Bertz CT molecular complexity index is 782. The molecule has 0 unspecified atom stereocenters. The number of hydrogen-bond acceptors (Lipinski definition) is 5. The molecule has 0 saturated heterocycles. The lowest BCUT2D eigenvalue weighted by atomic mass is 10.0. The van der Waals surface area contributed by atoms with Crippen LogP contribution in [0.4, 0.5) is 8.78 Å². The standard InChI is InChI=1S/C19H28F2N4O2S/c1-13(7-8-14(2)27-5)25-16-15(17(22-25)19(20,21)28)9-12-24(18(16)26)11-6-10-23(3)4/h7-8,28H,6,9-12H2,1-5H3/b13-7+,14-8+. The van der Waals surface area contributed by atoms with Gasteiger partial charge in [-0.15, -0.1) is 0 Å². The molecule has 9 heteroatoms. The number of alkyl halides is 2. The molecule has 0 radical (unpaired) electrons. The second kappa shape index (κ2) is 9.09. The third-order valence-electron chi connectivity index (χ3n) is 4.64. The Kier molecular flexibility index (Phi) is 7.28. The van der Waals surface area contributed by atoms with E-state index in [4.69, 9.17) is 4.74 Å². The second-order valence-electron chi connectivity index (χ2n) is 7.12. The Morgan fingerprint density at radius 2 is 2.04 bits per heavy atom. The lowest BCUT2D eigenvalue weighted by molar-refractivity contribution is 0.0722. The summed E-state index contributed by atoms with van der Waals surface area (Å²) in [6, 6.07) is 0. The van der Waals surface area contributed by atoms with Crippen molar-refractivity contribution in [3.05, 3.63) is 34.9 Å². The van der Waals surface area contributed by atoms with Gasteiger partial charge in [0.1, 0.15) is 11.4 Å². The van der Waals surface area contributed by atoms with Crippen LogP contribution in [-0.2, 0) is 16.4 Å². The fraction of sp³-hybridized carbons (Fsp3) is 0.579. The average Bonchev–Trinajstić information content (AvgIpc) is 3.01. The highest BCUT2D eigenvalue weighted by atomic mass is 32.1. The summed E-state index contributed by atoms with van der Waals surface area (Å²) in [6.45, 7) is 5.29.